The average molecular weight is 385 g/mol. The van der Waals surface area contributed by atoms with E-state index in [0.717, 1.165) is 18.4 Å². The number of nitrogens with zero attached hydrogens (tertiary/aromatic N) is 2. The van der Waals surface area contributed by atoms with E-state index in [4.69, 9.17) is 0 Å². The van der Waals surface area contributed by atoms with E-state index in [1.54, 1.807) is 12.4 Å². The fraction of sp³-hybridized carbons (Fsp3) is 0.174. The van der Waals surface area contributed by atoms with Crippen LogP contribution in [0.15, 0.2) is 73.2 Å². The van der Waals surface area contributed by atoms with Gasteiger partial charge in [0.25, 0.3) is 5.91 Å². The number of fused-ring (bicyclic) bond motifs is 1. The Morgan fingerprint density at radius 2 is 1.66 bits per heavy atom. The largest absolute Gasteiger partial charge is 0.361 e. The van der Waals surface area contributed by atoms with E-state index in [0.29, 0.717) is 24.6 Å². The number of carbonyl (C=O) groups is 1. The molecule has 0 bridgehead atoms. The molecule has 4 aromatic rings. The molecule has 0 fully saturated rings. The third kappa shape index (κ3) is 4.79. The van der Waals surface area contributed by atoms with Gasteiger partial charge in [-0.25, -0.2) is 9.97 Å². The molecule has 0 spiro atoms. The van der Waals surface area contributed by atoms with E-state index < -0.39 is 0 Å². The minimum atomic E-state index is -0.161. The Bertz CT molecular complexity index is 1070. The zero-order valence-electron chi connectivity index (χ0n) is 16.1. The van der Waals surface area contributed by atoms with Gasteiger partial charge in [0.1, 0.15) is 0 Å². The molecule has 4 rings (SSSR count). The Kier molecular flexibility index (Phi) is 5.81. The second-order valence-electron chi connectivity index (χ2n) is 6.82. The summed E-state index contributed by atoms with van der Waals surface area (Å²) in [5.41, 5.74) is 4.04. The number of hydrogen-bond acceptors (Lipinski definition) is 4. The number of aromatic nitrogens is 3. The summed E-state index contributed by atoms with van der Waals surface area (Å²) in [6, 6.07) is 18.3. The molecule has 2 aromatic carbocycles. The van der Waals surface area contributed by atoms with E-state index in [2.05, 4.69) is 37.7 Å². The fourth-order valence-electron chi connectivity index (χ4n) is 3.25. The smallest absolute Gasteiger partial charge is 0.254 e. The first-order valence-electron chi connectivity index (χ1n) is 9.72. The molecule has 0 unspecified atom stereocenters. The summed E-state index contributed by atoms with van der Waals surface area (Å²) in [5.74, 6) is 0.358. The zero-order chi connectivity index (χ0) is 19.9. The van der Waals surface area contributed by atoms with Crippen molar-refractivity contribution in [1.29, 1.82) is 0 Å². The number of anilines is 1. The lowest BCUT2D eigenvalue weighted by atomic mass is 10.1. The summed E-state index contributed by atoms with van der Waals surface area (Å²) in [6.07, 6.45) is 6.80. The maximum atomic E-state index is 12.2. The number of nitrogens with one attached hydrogen (secondary N) is 3. The first-order chi connectivity index (χ1) is 14.3. The van der Waals surface area contributed by atoms with Gasteiger partial charge in [-0.15, -0.1) is 0 Å². The molecule has 0 aliphatic heterocycles. The van der Waals surface area contributed by atoms with Crippen molar-refractivity contribution in [2.24, 2.45) is 0 Å². The molecule has 0 saturated carbocycles. The SMILES string of the molecule is O=C(NCCc1ccccc1)c1cnc(NCCc2c[nH]c3ccccc23)nc1. The van der Waals surface area contributed by atoms with Crippen molar-refractivity contribution in [3.05, 3.63) is 89.9 Å². The normalized spacial score (nSPS) is 10.8. The Labute approximate surface area is 169 Å². The minimum absolute atomic E-state index is 0.161. The quantitative estimate of drug-likeness (QED) is 0.433. The summed E-state index contributed by atoms with van der Waals surface area (Å²) in [5, 5.41) is 7.35. The van der Waals surface area contributed by atoms with Crippen molar-refractivity contribution in [1.82, 2.24) is 20.3 Å². The number of hydrogen-bond donors (Lipinski definition) is 3. The lowest BCUT2D eigenvalue weighted by Crippen LogP contribution is -2.26. The fourth-order valence-corrected chi connectivity index (χ4v) is 3.25. The van der Waals surface area contributed by atoms with Crippen LogP contribution in [-0.4, -0.2) is 33.9 Å². The van der Waals surface area contributed by atoms with Gasteiger partial charge < -0.3 is 15.6 Å². The molecule has 6 nitrogen and oxygen atoms in total. The molecule has 0 radical (unpaired) electrons. The van der Waals surface area contributed by atoms with Gasteiger partial charge in [-0.2, -0.15) is 0 Å². The Balaban J connectivity index is 1.24. The van der Waals surface area contributed by atoms with Crippen molar-refractivity contribution in [3.8, 4) is 0 Å². The maximum absolute atomic E-state index is 12.2. The third-order valence-electron chi connectivity index (χ3n) is 4.81. The summed E-state index contributed by atoms with van der Waals surface area (Å²) in [7, 11) is 0. The van der Waals surface area contributed by atoms with Crippen LogP contribution in [-0.2, 0) is 12.8 Å². The van der Waals surface area contributed by atoms with E-state index in [1.807, 2.05) is 48.7 Å². The summed E-state index contributed by atoms with van der Waals surface area (Å²) >= 11 is 0. The van der Waals surface area contributed by atoms with Crippen LogP contribution in [0.5, 0.6) is 0 Å². The van der Waals surface area contributed by atoms with E-state index in [-0.39, 0.29) is 5.91 Å². The average Bonchev–Trinajstić information content (AvgIpc) is 3.18. The highest BCUT2D eigenvalue weighted by atomic mass is 16.1. The van der Waals surface area contributed by atoms with Gasteiger partial charge in [0, 0.05) is 42.6 Å². The number of amides is 1. The lowest BCUT2D eigenvalue weighted by Gasteiger charge is -2.07. The molecule has 1 amide bonds. The van der Waals surface area contributed by atoms with Crippen LogP contribution in [0.25, 0.3) is 10.9 Å². The molecule has 6 heteroatoms. The van der Waals surface area contributed by atoms with Gasteiger partial charge in [0.2, 0.25) is 5.95 Å². The van der Waals surface area contributed by atoms with Crippen LogP contribution in [0.2, 0.25) is 0 Å². The molecule has 0 saturated heterocycles. The molecule has 0 atom stereocenters. The standard InChI is InChI=1S/C23H23N5O/c29-22(24-12-10-17-6-2-1-3-7-17)19-15-27-23(28-16-19)25-13-11-18-14-26-21-9-5-4-8-20(18)21/h1-9,14-16,26H,10-13H2,(H,24,29)(H,25,27,28). The molecular weight excluding hydrogens is 362 g/mol. The van der Waals surface area contributed by atoms with Gasteiger partial charge in [0.05, 0.1) is 5.56 Å². The monoisotopic (exact) mass is 385 g/mol. The van der Waals surface area contributed by atoms with Gasteiger partial charge in [0.15, 0.2) is 0 Å². The number of carbonyl (C=O) groups excluding carboxylic acids is 1. The van der Waals surface area contributed by atoms with E-state index in [9.17, 15) is 4.79 Å². The van der Waals surface area contributed by atoms with Gasteiger partial charge >= 0.3 is 0 Å². The summed E-state index contributed by atoms with van der Waals surface area (Å²) < 4.78 is 0. The van der Waals surface area contributed by atoms with Gasteiger partial charge in [-0.05, 0) is 30.0 Å². The molecule has 146 valence electrons. The minimum Gasteiger partial charge on any atom is -0.361 e. The van der Waals surface area contributed by atoms with E-state index >= 15 is 0 Å². The molecule has 2 aromatic heterocycles. The second kappa shape index (κ2) is 9.01. The number of para-hydroxylation sites is 1. The Morgan fingerprint density at radius 1 is 0.897 bits per heavy atom. The Morgan fingerprint density at radius 3 is 2.48 bits per heavy atom. The molecule has 2 heterocycles. The Hall–Kier alpha value is -3.67. The molecule has 3 N–H and O–H groups in total. The highest BCUT2D eigenvalue weighted by molar-refractivity contribution is 5.93. The van der Waals surface area contributed by atoms with Crippen molar-refractivity contribution >= 4 is 22.8 Å². The van der Waals surface area contributed by atoms with E-state index in [1.165, 1.54) is 16.5 Å². The first-order valence-corrected chi connectivity index (χ1v) is 9.72. The molecule has 29 heavy (non-hydrogen) atoms. The molecular formula is C23H23N5O. The van der Waals surface area contributed by atoms with Crippen molar-refractivity contribution in [2.45, 2.75) is 12.8 Å². The number of H-pyrrole nitrogens is 1. The highest BCUT2D eigenvalue weighted by Gasteiger charge is 2.07. The predicted octanol–water partition coefficient (Wildman–Crippen LogP) is 3.59. The number of aromatic amines is 1. The number of rotatable bonds is 8. The molecule has 0 aliphatic rings. The third-order valence-corrected chi connectivity index (χ3v) is 4.81. The lowest BCUT2D eigenvalue weighted by molar-refractivity contribution is 0.0953. The van der Waals surface area contributed by atoms with Gasteiger partial charge in [-0.1, -0.05) is 48.5 Å². The van der Waals surface area contributed by atoms with Crippen LogP contribution in [0.4, 0.5) is 5.95 Å². The number of benzene rings is 2. The zero-order valence-corrected chi connectivity index (χ0v) is 16.1. The van der Waals surface area contributed by atoms with Crippen molar-refractivity contribution in [3.63, 3.8) is 0 Å². The first kappa shape index (κ1) is 18.7. The summed E-state index contributed by atoms with van der Waals surface area (Å²) in [4.78, 5) is 24.0. The van der Waals surface area contributed by atoms with Crippen LogP contribution >= 0.6 is 0 Å². The highest BCUT2D eigenvalue weighted by Crippen LogP contribution is 2.18. The molecule has 0 aliphatic carbocycles. The maximum Gasteiger partial charge on any atom is 0.254 e. The van der Waals surface area contributed by atoms with Crippen LogP contribution < -0.4 is 10.6 Å². The van der Waals surface area contributed by atoms with Crippen LogP contribution in [0, 0.1) is 0 Å². The van der Waals surface area contributed by atoms with Crippen molar-refractivity contribution < 1.29 is 4.79 Å². The second-order valence-corrected chi connectivity index (χ2v) is 6.82. The van der Waals surface area contributed by atoms with Crippen LogP contribution in [0.3, 0.4) is 0 Å². The predicted molar refractivity (Wildman–Crippen MR) is 115 cm³/mol. The summed E-state index contributed by atoms with van der Waals surface area (Å²) in [6.45, 7) is 1.29. The topological polar surface area (TPSA) is 82.7 Å². The van der Waals surface area contributed by atoms with Crippen LogP contribution in [0.1, 0.15) is 21.5 Å². The van der Waals surface area contributed by atoms with Gasteiger partial charge in [-0.3, -0.25) is 4.79 Å². The van der Waals surface area contributed by atoms with Crippen molar-refractivity contribution in [2.75, 3.05) is 18.4 Å².